The fraction of sp³-hybridized carbons (Fsp3) is 0.263. The van der Waals surface area contributed by atoms with Crippen LogP contribution in [0.1, 0.15) is 12.0 Å². The van der Waals surface area contributed by atoms with E-state index < -0.39 is 23.9 Å². The molecule has 3 heterocycles. The van der Waals surface area contributed by atoms with Crippen LogP contribution in [0.25, 0.3) is 22.2 Å². The van der Waals surface area contributed by atoms with Crippen LogP contribution in [0.5, 0.6) is 0 Å². The van der Waals surface area contributed by atoms with Crippen LogP contribution in [0.2, 0.25) is 0 Å². The number of rotatable bonds is 5. The Morgan fingerprint density at radius 3 is 2.67 bits per heavy atom. The molecule has 0 unspecified atom stereocenters. The number of hydrogen-bond donors (Lipinski definition) is 2. The molecule has 0 atom stereocenters. The van der Waals surface area contributed by atoms with Gasteiger partial charge in [0.2, 0.25) is 5.91 Å². The lowest BCUT2D eigenvalue weighted by Gasteiger charge is -2.38. The van der Waals surface area contributed by atoms with Crippen molar-refractivity contribution in [1.82, 2.24) is 25.0 Å². The zero-order valence-corrected chi connectivity index (χ0v) is 15.4. The molecule has 2 N–H and O–H groups in total. The standard InChI is InChI=1S/C19H16F3N5O3/c20-14-2-1-10(3-13(14)18(21)22)11-4-16-15(23-5-11)6-24-27(16)9-17(28)26-7-12(8-26)25-19(29)30/h1-6,12,18,25H,7-9H2,(H,29,30). The number of carboxylic acid groups (broad SMARTS) is 1. The zero-order valence-electron chi connectivity index (χ0n) is 15.4. The average molecular weight is 419 g/mol. The molecule has 0 aliphatic carbocycles. The second-order valence-corrected chi connectivity index (χ2v) is 6.91. The van der Waals surface area contributed by atoms with Gasteiger partial charge in [-0.1, -0.05) is 6.07 Å². The Kier molecular flexibility index (Phi) is 5.02. The van der Waals surface area contributed by atoms with Gasteiger partial charge in [-0.05, 0) is 23.8 Å². The summed E-state index contributed by atoms with van der Waals surface area (Å²) in [6.45, 7) is 0.472. The van der Waals surface area contributed by atoms with E-state index in [4.69, 9.17) is 5.11 Å². The summed E-state index contributed by atoms with van der Waals surface area (Å²) in [5.41, 5.74) is 1.18. The number of nitrogens with zero attached hydrogens (tertiary/aromatic N) is 4. The van der Waals surface area contributed by atoms with E-state index in [0.29, 0.717) is 22.2 Å². The molecule has 1 aliphatic rings. The minimum Gasteiger partial charge on any atom is -0.465 e. The molecule has 0 spiro atoms. The Morgan fingerprint density at radius 2 is 1.97 bits per heavy atom. The number of benzene rings is 1. The molecule has 11 heteroatoms. The topological polar surface area (TPSA) is 100 Å². The number of carbonyl (C=O) groups is 2. The number of nitrogens with one attached hydrogen (secondary N) is 1. The first-order valence-electron chi connectivity index (χ1n) is 8.98. The van der Waals surface area contributed by atoms with Crippen LogP contribution in [0.4, 0.5) is 18.0 Å². The number of amides is 2. The molecule has 1 aromatic carbocycles. The second-order valence-electron chi connectivity index (χ2n) is 6.91. The van der Waals surface area contributed by atoms with Crippen molar-refractivity contribution >= 4 is 23.0 Å². The van der Waals surface area contributed by atoms with E-state index in [-0.39, 0.29) is 31.6 Å². The predicted molar refractivity (Wildman–Crippen MR) is 99.4 cm³/mol. The molecule has 3 aromatic rings. The third-order valence-electron chi connectivity index (χ3n) is 4.91. The quantitative estimate of drug-likeness (QED) is 0.662. The third kappa shape index (κ3) is 3.78. The van der Waals surface area contributed by atoms with Gasteiger partial charge in [-0.15, -0.1) is 0 Å². The first-order valence-corrected chi connectivity index (χ1v) is 8.98. The van der Waals surface area contributed by atoms with Gasteiger partial charge in [0.25, 0.3) is 6.43 Å². The Hall–Kier alpha value is -3.63. The highest BCUT2D eigenvalue weighted by Crippen LogP contribution is 2.29. The second kappa shape index (κ2) is 7.65. The first kappa shape index (κ1) is 19.7. The van der Waals surface area contributed by atoms with Crippen LogP contribution < -0.4 is 5.32 Å². The van der Waals surface area contributed by atoms with E-state index in [0.717, 1.165) is 12.1 Å². The van der Waals surface area contributed by atoms with Crippen molar-refractivity contribution in [1.29, 1.82) is 0 Å². The molecule has 1 aliphatic heterocycles. The predicted octanol–water partition coefficient (Wildman–Crippen LogP) is 2.65. The Morgan fingerprint density at radius 1 is 1.20 bits per heavy atom. The van der Waals surface area contributed by atoms with Crippen molar-refractivity contribution in [3.05, 3.63) is 48.0 Å². The number of alkyl halides is 2. The molecular weight excluding hydrogens is 403 g/mol. The van der Waals surface area contributed by atoms with Crippen LogP contribution in [0.15, 0.2) is 36.7 Å². The van der Waals surface area contributed by atoms with E-state index in [2.05, 4.69) is 15.4 Å². The highest BCUT2D eigenvalue weighted by atomic mass is 19.3. The van der Waals surface area contributed by atoms with Crippen LogP contribution in [-0.4, -0.2) is 55.9 Å². The maximum Gasteiger partial charge on any atom is 0.405 e. The monoisotopic (exact) mass is 419 g/mol. The summed E-state index contributed by atoms with van der Waals surface area (Å²) >= 11 is 0. The molecule has 2 amide bonds. The molecule has 30 heavy (non-hydrogen) atoms. The van der Waals surface area contributed by atoms with Gasteiger partial charge in [-0.25, -0.2) is 18.0 Å². The summed E-state index contributed by atoms with van der Waals surface area (Å²) in [7, 11) is 0. The zero-order chi connectivity index (χ0) is 21.4. The molecule has 8 nitrogen and oxygen atoms in total. The van der Waals surface area contributed by atoms with Crippen LogP contribution in [0, 0.1) is 5.82 Å². The van der Waals surface area contributed by atoms with Gasteiger partial charge >= 0.3 is 6.09 Å². The van der Waals surface area contributed by atoms with Gasteiger partial charge in [-0.3, -0.25) is 14.5 Å². The van der Waals surface area contributed by atoms with Crippen molar-refractivity contribution in [2.24, 2.45) is 0 Å². The van der Waals surface area contributed by atoms with Crippen molar-refractivity contribution in [3.63, 3.8) is 0 Å². The Labute approximate surface area is 167 Å². The van der Waals surface area contributed by atoms with E-state index >= 15 is 0 Å². The smallest absolute Gasteiger partial charge is 0.405 e. The number of carbonyl (C=O) groups excluding carboxylic acids is 1. The van der Waals surface area contributed by atoms with Crippen molar-refractivity contribution in [2.75, 3.05) is 13.1 Å². The molecule has 156 valence electrons. The van der Waals surface area contributed by atoms with E-state index in [1.54, 1.807) is 6.07 Å². The largest absolute Gasteiger partial charge is 0.465 e. The maximum absolute atomic E-state index is 13.6. The molecular formula is C19H16F3N5O3. The van der Waals surface area contributed by atoms with E-state index in [1.165, 1.54) is 28.0 Å². The van der Waals surface area contributed by atoms with E-state index in [1.807, 2.05) is 0 Å². The van der Waals surface area contributed by atoms with Crippen LogP contribution in [-0.2, 0) is 11.3 Å². The maximum atomic E-state index is 13.6. The van der Waals surface area contributed by atoms with Crippen molar-refractivity contribution in [2.45, 2.75) is 19.0 Å². The minimum atomic E-state index is -2.94. The number of halogens is 3. The van der Waals surface area contributed by atoms with Crippen LogP contribution >= 0.6 is 0 Å². The summed E-state index contributed by atoms with van der Waals surface area (Å²) < 4.78 is 41.0. The lowest BCUT2D eigenvalue weighted by atomic mass is 10.0. The summed E-state index contributed by atoms with van der Waals surface area (Å²) in [6.07, 6.45) is -1.14. The summed E-state index contributed by atoms with van der Waals surface area (Å²) in [6, 6.07) is 4.79. The highest BCUT2D eigenvalue weighted by Gasteiger charge is 2.31. The average Bonchev–Trinajstić information content (AvgIpc) is 3.06. The van der Waals surface area contributed by atoms with Gasteiger partial charge in [0, 0.05) is 24.8 Å². The number of aromatic nitrogens is 3. The fourth-order valence-electron chi connectivity index (χ4n) is 3.31. The fourth-order valence-corrected chi connectivity index (χ4v) is 3.31. The number of likely N-dealkylation sites (tertiary alicyclic amines) is 1. The lowest BCUT2D eigenvalue weighted by Crippen LogP contribution is -2.61. The lowest BCUT2D eigenvalue weighted by molar-refractivity contribution is -0.136. The van der Waals surface area contributed by atoms with Gasteiger partial charge < -0.3 is 15.3 Å². The highest BCUT2D eigenvalue weighted by molar-refractivity contribution is 5.83. The molecule has 0 saturated carbocycles. The van der Waals surface area contributed by atoms with Gasteiger partial charge in [0.15, 0.2) is 0 Å². The molecule has 1 fully saturated rings. The first-order chi connectivity index (χ1) is 14.3. The Balaban J connectivity index is 1.55. The summed E-state index contributed by atoms with van der Waals surface area (Å²) in [5.74, 6) is -1.22. The summed E-state index contributed by atoms with van der Waals surface area (Å²) in [5, 5.41) is 15.1. The summed E-state index contributed by atoms with van der Waals surface area (Å²) in [4.78, 5) is 28.8. The molecule has 0 radical (unpaired) electrons. The SMILES string of the molecule is O=C(O)NC1CN(C(=O)Cn2ncc3ncc(-c4ccc(F)c(C(F)F)c4)cc32)C1. The number of hydrogen-bond acceptors (Lipinski definition) is 4. The number of fused-ring (bicyclic) bond motifs is 1. The minimum absolute atomic E-state index is 0.0832. The van der Waals surface area contributed by atoms with Crippen molar-refractivity contribution in [3.8, 4) is 11.1 Å². The normalized spacial score (nSPS) is 14.2. The molecule has 0 bridgehead atoms. The molecule has 4 rings (SSSR count). The number of pyridine rings is 1. The van der Waals surface area contributed by atoms with Gasteiger partial charge in [0.05, 0.1) is 23.3 Å². The molecule has 2 aromatic heterocycles. The third-order valence-corrected chi connectivity index (χ3v) is 4.91. The molecule has 1 saturated heterocycles. The Bertz CT molecular complexity index is 1130. The van der Waals surface area contributed by atoms with Gasteiger partial charge in [-0.2, -0.15) is 5.10 Å². The van der Waals surface area contributed by atoms with E-state index in [9.17, 15) is 22.8 Å². The van der Waals surface area contributed by atoms with Crippen molar-refractivity contribution < 1.29 is 27.9 Å². The van der Waals surface area contributed by atoms with Gasteiger partial charge in [0.1, 0.15) is 17.9 Å². The van der Waals surface area contributed by atoms with Crippen LogP contribution in [0.3, 0.4) is 0 Å².